The van der Waals surface area contributed by atoms with E-state index in [4.69, 9.17) is 0 Å². The molecule has 1 N–H and O–H groups in total. The summed E-state index contributed by atoms with van der Waals surface area (Å²) in [4.78, 5) is 0. The molecule has 0 aromatic carbocycles. The van der Waals surface area contributed by atoms with E-state index in [0.717, 1.165) is 6.42 Å². The van der Waals surface area contributed by atoms with Gasteiger partial charge in [-0.1, -0.05) is 71.6 Å². The molecular weight excluding hydrogens is 244 g/mol. The standard InChI is InChI=1S/C18H34N2/c1-3-5-7-9-11-13-15-18-16-17(19-20-18)14-12-10-8-6-4-2/h16H,3-15H2,1-2H3,(H,19,20). The van der Waals surface area contributed by atoms with Gasteiger partial charge in [-0.2, -0.15) is 5.10 Å². The Balaban J connectivity index is 2.04. The predicted molar refractivity (Wildman–Crippen MR) is 88.1 cm³/mol. The fraction of sp³-hybridized carbons (Fsp3) is 0.833. The SMILES string of the molecule is CCCCCCCCc1cc(CCCCCCC)[nH]n1. The lowest BCUT2D eigenvalue weighted by Crippen LogP contribution is -1.86. The molecule has 0 aliphatic rings. The fourth-order valence-electron chi connectivity index (χ4n) is 2.67. The first-order valence-corrected chi connectivity index (χ1v) is 8.90. The quantitative estimate of drug-likeness (QED) is 0.452. The summed E-state index contributed by atoms with van der Waals surface area (Å²) in [6, 6.07) is 2.28. The van der Waals surface area contributed by atoms with Crippen molar-refractivity contribution in [2.45, 2.75) is 97.3 Å². The van der Waals surface area contributed by atoms with Gasteiger partial charge < -0.3 is 0 Å². The molecule has 0 saturated carbocycles. The van der Waals surface area contributed by atoms with Crippen molar-refractivity contribution in [3.63, 3.8) is 0 Å². The van der Waals surface area contributed by atoms with Gasteiger partial charge in [-0.15, -0.1) is 0 Å². The Morgan fingerprint density at radius 2 is 1.30 bits per heavy atom. The van der Waals surface area contributed by atoms with E-state index in [9.17, 15) is 0 Å². The van der Waals surface area contributed by atoms with Crippen LogP contribution in [0.4, 0.5) is 0 Å². The number of aromatic amines is 1. The summed E-state index contributed by atoms with van der Waals surface area (Å²) < 4.78 is 0. The second-order valence-corrected chi connectivity index (χ2v) is 6.07. The largest absolute Gasteiger partial charge is 0.282 e. The van der Waals surface area contributed by atoms with Crippen molar-refractivity contribution in [2.24, 2.45) is 0 Å². The molecule has 116 valence electrons. The van der Waals surface area contributed by atoms with Gasteiger partial charge in [0.1, 0.15) is 0 Å². The van der Waals surface area contributed by atoms with Crippen molar-refractivity contribution < 1.29 is 0 Å². The van der Waals surface area contributed by atoms with E-state index in [1.807, 2.05) is 0 Å². The fourth-order valence-corrected chi connectivity index (χ4v) is 2.67. The Hall–Kier alpha value is -0.790. The van der Waals surface area contributed by atoms with Gasteiger partial charge in [-0.25, -0.2) is 0 Å². The molecule has 1 aromatic rings. The Labute approximate surface area is 125 Å². The van der Waals surface area contributed by atoms with Gasteiger partial charge in [0.05, 0.1) is 5.69 Å². The molecular formula is C18H34N2. The van der Waals surface area contributed by atoms with E-state index in [-0.39, 0.29) is 0 Å². The molecule has 1 rings (SSSR count). The van der Waals surface area contributed by atoms with Crippen molar-refractivity contribution >= 4 is 0 Å². The summed E-state index contributed by atoms with van der Waals surface area (Å²) in [5, 5.41) is 7.65. The third-order valence-corrected chi connectivity index (χ3v) is 4.02. The number of nitrogens with one attached hydrogen (secondary N) is 1. The molecule has 20 heavy (non-hydrogen) atoms. The van der Waals surface area contributed by atoms with Crippen molar-refractivity contribution in [1.29, 1.82) is 0 Å². The summed E-state index contributed by atoms with van der Waals surface area (Å²) in [7, 11) is 0. The van der Waals surface area contributed by atoms with E-state index in [1.54, 1.807) is 0 Å². The van der Waals surface area contributed by atoms with Crippen LogP contribution in [-0.2, 0) is 12.8 Å². The number of aryl methyl sites for hydroxylation is 2. The van der Waals surface area contributed by atoms with E-state index in [1.165, 1.54) is 88.4 Å². The molecule has 2 heteroatoms. The molecule has 2 nitrogen and oxygen atoms in total. The first kappa shape index (κ1) is 17.3. The lowest BCUT2D eigenvalue weighted by molar-refractivity contribution is 0.604. The summed E-state index contributed by atoms with van der Waals surface area (Å²) >= 11 is 0. The minimum Gasteiger partial charge on any atom is -0.282 e. The van der Waals surface area contributed by atoms with Crippen LogP contribution in [0, 0.1) is 0 Å². The number of rotatable bonds is 13. The Morgan fingerprint density at radius 3 is 1.95 bits per heavy atom. The third kappa shape index (κ3) is 8.39. The van der Waals surface area contributed by atoms with Crippen molar-refractivity contribution in [3.05, 3.63) is 17.5 Å². The van der Waals surface area contributed by atoms with Crippen molar-refractivity contribution in [3.8, 4) is 0 Å². The second kappa shape index (κ2) is 12.0. The summed E-state index contributed by atoms with van der Waals surface area (Å²) in [5.41, 5.74) is 2.60. The molecule has 1 heterocycles. The highest BCUT2D eigenvalue weighted by Crippen LogP contribution is 2.11. The second-order valence-electron chi connectivity index (χ2n) is 6.07. The van der Waals surface area contributed by atoms with Crippen molar-refractivity contribution in [2.75, 3.05) is 0 Å². The number of nitrogens with zero attached hydrogens (tertiary/aromatic N) is 1. The summed E-state index contributed by atoms with van der Waals surface area (Å²) in [6.45, 7) is 4.54. The van der Waals surface area contributed by atoms with Crippen LogP contribution in [0.15, 0.2) is 6.07 Å². The zero-order chi connectivity index (χ0) is 14.5. The lowest BCUT2D eigenvalue weighted by Gasteiger charge is -1.99. The van der Waals surface area contributed by atoms with Crippen molar-refractivity contribution in [1.82, 2.24) is 10.2 Å². The molecule has 0 aliphatic heterocycles. The summed E-state index contributed by atoms with van der Waals surface area (Å²) in [5.74, 6) is 0. The normalized spacial score (nSPS) is 11.1. The molecule has 0 saturated heterocycles. The first-order valence-electron chi connectivity index (χ1n) is 8.90. The van der Waals surface area contributed by atoms with Gasteiger partial charge >= 0.3 is 0 Å². The molecule has 0 spiro atoms. The molecule has 1 aromatic heterocycles. The maximum absolute atomic E-state index is 4.44. The smallest absolute Gasteiger partial charge is 0.0625 e. The summed E-state index contributed by atoms with van der Waals surface area (Å²) in [6.07, 6.45) is 17.3. The average molecular weight is 278 g/mol. The Kier molecular flexibility index (Phi) is 10.3. The van der Waals surface area contributed by atoms with Crippen LogP contribution in [0.5, 0.6) is 0 Å². The maximum Gasteiger partial charge on any atom is 0.0625 e. The number of hydrogen-bond acceptors (Lipinski definition) is 1. The minimum atomic E-state index is 1.15. The monoisotopic (exact) mass is 278 g/mol. The molecule has 0 bridgehead atoms. The number of H-pyrrole nitrogens is 1. The van der Waals surface area contributed by atoms with Crippen LogP contribution in [0.1, 0.15) is 95.9 Å². The zero-order valence-corrected chi connectivity index (χ0v) is 13.7. The highest BCUT2D eigenvalue weighted by molar-refractivity contribution is 5.08. The Bertz CT molecular complexity index is 317. The Morgan fingerprint density at radius 1 is 0.750 bits per heavy atom. The predicted octanol–water partition coefficient (Wildman–Crippen LogP) is 5.83. The van der Waals surface area contributed by atoms with Crippen LogP contribution in [-0.4, -0.2) is 10.2 Å². The highest BCUT2D eigenvalue weighted by Gasteiger charge is 2.01. The number of unbranched alkanes of at least 4 members (excludes halogenated alkanes) is 9. The molecule has 0 aliphatic carbocycles. The lowest BCUT2D eigenvalue weighted by atomic mass is 10.1. The van der Waals surface area contributed by atoms with E-state index in [0.29, 0.717) is 0 Å². The van der Waals surface area contributed by atoms with Gasteiger partial charge in [-0.05, 0) is 31.7 Å². The molecule has 0 amide bonds. The molecule has 0 unspecified atom stereocenters. The van der Waals surface area contributed by atoms with Gasteiger partial charge in [0.2, 0.25) is 0 Å². The zero-order valence-electron chi connectivity index (χ0n) is 13.7. The van der Waals surface area contributed by atoms with E-state index in [2.05, 4.69) is 30.1 Å². The molecule has 0 radical (unpaired) electrons. The first-order chi connectivity index (χ1) is 9.86. The van der Waals surface area contributed by atoms with Crippen LogP contribution in [0.2, 0.25) is 0 Å². The number of aromatic nitrogens is 2. The molecule has 0 fully saturated rings. The average Bonchev–Trinajstić information content (AvgIpc) is 2.90. The maximum atomic E-state index is 4.44. The van der Waals surface area contributed by atoms with Crippen LogP contribution < -0.4 is 0 Å². The van der Waals surface area contributed by atoms with Gasteiger partial charge in [-0.3, -0.25) is 5.10 Å². The highest BCUT2D eigenvalue weighted by atomic mass is 15.1. The topological polar surface area (TPSA) is 28.7 Å². The van der Waals surface area contributed by atoms with E-state index < -0.39 is 0 Å². The van der Waals surface area contributed by atoms with E-state index >= 15 is 0 Å². The van der Waals surface area contributed by atoms with Gasteiger partial charge in [0, 0.05) is 5.69 Å². The van der Waals surface area contributed by atoms with Crippen LogP contribution in [0.25, 0.3) is 0 Å². The van der Waals surface area contributed by atoms with Gasteiger partial charge in [0.25, 0.3) is 0 Å². The van der Waals surface area contributed by atoms with Gasteiger partial charge in [0.15, 0.2) is 0 Å². The number of hydrogen-bond donors (Lipinski definition) is 1. The third-order valence-electron chi connectivity index (χ3n) is 4.02. The minimum absolute atomic E-state index is 1.15. The van der Waals surface area contributed by atoms with Crippen LogP contribution in [0.3, 0.4) is 0 Å². The molecule has 0 atom stereocenters. The van der Waals surface area contributed by atoms with Crippen LogP contribution >= 0.6 is 0 Å².